The monoisotopic (exact) mass is 468 g/mol. The summed E-state index contributed by atoms with van der Waals surface area (Å²) in [4.78, 5) is 0. The molecule has 0 atom stereocenters. The molecule has 0 aliphatic rings. The van der Waals surface area contributed by atoms with Crippen molar-refractivity contribution in [3.05, 3.63) is 91.0 Å². The molecule has 3 nitrogen and oxygen atoms in total. The first kappa shape index (κ1) is 17.3. The molecule has 0 saturated heterocycles. The summed E-state index contributed by atoms with van der Waals surface area (Å²) in [6.45, 7) is 0. The molecule has 0 heterocycles. The molecule has 3 rings (SSSR count). The van der Waals surface area contributed by atoms with Crippen LogP contribution >= 0.6 is 35.7 Å². The van der Waals surface area contributed by atoms with Crippen molar-refractivity contribution in [2.24, 2.45) is 0 Å². The number of hydrogen-bond acceptors (Lipinski definition) is 3. The van der Waals surface area contributed by atoms with Crippen LogP contribution in [0.3, 0.4) is 0 Å². The fourth-order valence-electron chi connectivity index (χ4n) is 2.00. The van der Waals surface area contributed by atoms with E-state index < -0.39 is 4.69 Å². The third-order valence-corrected chi connectivity index (χ3v) is 7.08. The van der Waals surface area contributed by atoms with Crippen LogP contribution in [0.15, 0.2) is 91.0 Å². The Morgan fingerprint density at radius 1 is 0.458 bits per heavy atom. The molecule has 6 heteroatoms. The molecule has 3 aromatic rings. The summed E-state index contributed by atoms with van der Waals surface area (Å²) in [5.41, 5.74) is 0. The zero-order valence-corrected chi connectivity index (χ0v) is 16.7. The van der Waals surface area contributed by atoms with Crippen LogP contribution in [0.1, 0.15) is 0 Å². The zero-order valence-electron chi connectivity index (χ0n) is 12.6. The molecule has 124 valence electrons. The molecule has 0 spiro atoms. The number of halogens is 2. The summed E-state index contributed by atoms with van der Waals surface area (Å²) in [6, 6.07) is 28.1. The van der Waals surface area contributed by atoms with Gasteiger partial charge in [0, 0.05) is 0 Å². The zero-order chi connectivity index (χ0) is 16.9. The van der Waals surface area contributed by atoms with Crippen molar-refractivity contribution in [2.45, 2.75) is 0 Å². The van der Waals surface area contributed by atoms with E-state index in [9.17, 15) is 0 Å². The summed E-state index contributed by atoms with van der Waals surface area (Å²) in [5.74, 6) is 1.86. The minimum absolute atomic E-state index is 0.621. The van der Waals surface area contributed by atoms with E-state index in [2.05, 4.69) is 31.0 Å². The Hall–Kier alpha value is -1.55. The molecule has 0 aliphatic carbocycles. The van der Waals surface area contributed by atoms with Gasteiger partial charge in [0.2, 0.25) is 0 Å². The quantitative estimate of drug-likeness (QED) is 0.359. The van der Waals surface area contributed by atoms with E-state index in [4.69, 9.17) is 13.6 Å². The van der Waals surface area contributed by atoms with Gasteiger partial charge in [-0.1, -0.05) is 0 Å². The van der Waals surface area contributed by atoms with Gasteiger partial charge in [-0.2, -0.15) is 0 Å². The van der Waals surface area contributed by atoms with E-state index in [0.717, 1.165) is 0 Å². The average Bonchev–Trinajstić information content (AvgIpc) is 2.56. The van der Waals surface area contributed by atoms with Gasteiger partial charge in [0.25, 0.3) is 0 Å². The number of para-hydroxylation sites is 3. The van der Waals surface area contributed by atoms with Crippen molar-refractivity contribution in [1.82, 2.24) is 0 Å². The van der Waals surface area contributed by atoms with E-state index >= 15 is 0 Å². The van der Waals surface area contributed by atoms with E-state index in [1.165, 1.54) is 0 Å². The molecule has 0 amide bonds. The Bertz CT molecular complexity index is 675. The standard InChI is InChI=1S/C18H15Br2O3P/c19-24(20,21-16-10-4-1-5-11-16,22-17-12-6-2-7-13-17)23-18-14-8-3-9-15-18/h1-15H. The Labute approximate surface area is 157 Å². The second kappa shape index (κ2) is 7.14. The fourth-order valence-corrected chi connectivity index (χ4v) is 6.48. The van der Waals surface area contributed by atoms with Crippen LogP contribution in [0.2, 0.25) is 0 Å². The third kappa shape index (κ3) is 4.73. The maximum absolute atomic E-state index is 6.12. The molecule has 0 aromatic heterocycles. The SMILES string of the molecule is BrP(Br)(Oc1ccccc1)(Oc1ccccc1)Oc1ccccc1. The van der Waals surface area contributed by atoms with Crippen LogP contribution in [-0.4, -0.2) is 0 Å². The van der Waals surface area contributed by atoms with Crippen LogP contribution in [-0.2, 0) is 0 Å². The van der Waals surface area contributed by atoms with Gasteiger partial charge in [-0.05, 0) is 0 Å². The van der Waals surface area contributed by atoms with Gasteiger partial charge in [-0.15, -0.1) is 0 Å². The van der Waals surface area contributed by atoms with Crippen molar-refractivity contribution in [2.75, 3.05) is 0 Å². The average molecular weight is 470 g/mol. The second-order valence-corrected chi connectivity index (χ2v) is 17.1. The second-order valence-electron chi connectivity index (χ2n) is 4.91. The molecule has 0 bridgehead atoms. The number of rotatable bonds is 6. The van der Waals surface area contributed by atoms with Gasteiger partial charge in [-0.25, -0.2) is 0 Å². The van der Waals surface area contributed by atoms with Gasteiger partial charge < -0.3 is 0 Å². The van der Waals surface area contributed by atoms with E-state index in [-0.39, 0.29) is 0 Å². The molecular formula is C18H15Br2O3P. The van der Waals surface area contributed by atoms with E-state index in [1.807, 2.05) is 91.0 Å². The first-order valence-corrected chi connectivity index (χ1v) is 13.3. The third-order valence-electron chi connectivity index (χ3n) is 2.98. The molecule has 3 aromatic carbocycles. The van der Waals surface area contributed by atoms with Crippen molar-refractivity contribution >= 4 is 35.7 Å². The Morgan fingerprint density at radius 2 is 0.708 bits per heavy atom. The molecule has 0 fully saturated rings. The summed E-state index contributed by atoms with van der Waals surface area (Å²) in [6.07, 6.45) is 0. The molecular weight excluding hydrogens is 455 g/mol. The molecule has 0 saturated carbocycles. The van der Waals surface area contributed by atoms with E-state index in [1.54, 1.807) is 0 Å². The van der Waals surface area contributed by atoms with Gasteiger partial charge in [0.15, 0.2) is 0 Å². The molecule has 0 N–H and O–H groups in total. The van der Waals surface area contributed by atoms with Gasteiger partial charge in [0.1, 0.15) is 0 Å². The van der Waals surface area contributed by atoms with Gasteiger partial charge >= 0.3 is 157 Å². The first-order valence-electron chi connectivity index (χ1n) is 7.23. The van der Waals surface area contributed by atoms with Crippen LogP contribution in [0, 0.1) is 0 Å². The summed E-state index contributed by atoms with van der Waals surface area (Å²) < 4.78 is 14.5. The van der Waals surface area contributed by atoms with E-state index in [0.29, 0.717) is 17.2 Å². The van der Waals surface area contributed by atoms with Crippen molar-refractivity contribution < 1.29 is 13.6 Å². The van der Waals surface area contributed by atoms with Crippen LogP contribution in [0.5, 0.6) is 17.2 Å². The number of hydrogen-bond donors (Lipinski definition) is 0. The predicted octanol–water partition coefficient (Wildman–Crippen LogP) is 7.14. The summed E-state index contributed by atoms with van der Waals surface area (Å²) in [7, 11) is 0. The fraction of sp³-hybridized carbons (Fsp3) is 0. The maximum atomic E-state index is 6.12. The van der Waals surface area contributed by atoms with Crippen LogP contribution in [0.4, 0.5) is 0 Å². The summed E-state index contributed by atoms with van der Waals surface area (Å²) >= 11 is 7.16. The van der Waals surface area contributed by atoms with Crippen molar-refractivity contribution in [3.8, 4) is 17.2 Å². The first-order chi connectivity index (χ1) is 11.5. The van der Waals surface area contributed by atoms with Crippen LogP contribution < -0.4 is 13.6 Å². The van der Waals surface area contributed by atoms with Crippen molar-refractivity contribution in [3.63, 3.8) is 0 Å². The molecule has 0 radical (unpaired) electrons. The van der Waals surface area contributed by atoms with Gasteiger partial charge in [0.05, 0.1) is 0 Å². The van der Waals surface area contributed by atoms with Gasteiger partial charge in [-0.3, -0.25) is 0 Å². The molecule has 24 heavy (non-hydrogen) atoms. The molecule has 0 aliphatic heterocycles. The normalized spacial score (nSPS) is 12.7. The molecule has 0 unspecified atom stereocenters. The topological polar surface area (TPSA) is 27.7 Å². The van der Waals surface area contributed by atoms with Crippen molar-refractivity contribution in [1.29, 1.82) is 0 Å². The Balaban J connectivity index is 1.95. The van der Waals surface area contributed by atoms with Crippen LogP contribution in [0.25, 0.3) is 0 Å². The Kier molecular flexibility index (Phi) is 5.14. The Morgan fingerprint density at radius 3 is 0.958 bits per heavy atom. The summed E-state index contributed by atoms with van der Waals surface area (Å²) in [5, 5.41) is 0. The minimum atomic E-state index is -3.84. The number of benzene rings is 3. The predicted molar refractivity (Wildman–Crippen MR) is 106 cm³/mol.